The van der Waals surface area contributed by atoms with Crippen LogP contribution in [0.15, 0.2) is 42.6 Å². The molecule has 3 aromatic rings. The van der Waals surface area contributed by atoms with Gasteiger partial charge in [-0.3, -0.25) is 9.58 Å². The summed E-state index contributed by atoms with van der Waals surface area (Å²) >= 11 is 0. The molecular weight excluding hydrogens is 358 g/mol. The van der Waals surface area contributed by atoms with Crippen LogP contribution in [0.5, 0.6) is 11.5 Å². The summed E-state index contributed by atoms with van der Waals surface area (Å²) in [5.41, 5.74) is 2.78. The van der Waals surface area contributed by atoms with Crippen LogP contribution in [0.4, 0.5) is 0 Å². The first-order valence-corrected chi connectivity index (χ1v) is 9.40. The molecule has 7 heteroatoms. The Morgan fingerprint density at radius 2 is 2.11 bits per heavy atom. The zero-order valence-electron chi connectivity index (χ0n) is 15.6. The average Bonchev–Trinajstić information content (AvgIpc) is 3.46. The smallest absolute Gasteiger partial charge is 0.337 e. The molecule has 0 saturated carbocycles. The first kappa shape index (κ1) is 17.1. The summed E-state index contributed by atoms with van der Waals surface area (Å²) in [6.45, 7) is 2.00. The van der Waals surface area contributed by atoms with Crippen molar-refractivity contribution in [2.75, 3.05) is 20.4 Å². The molecule has 1 fully saturated rings. The van der Waals surface area contributed by atoms with E-state index in [1.165, 1.54) is 12.7 Å². The van der Waals surface area contributed by atoms with Crippen LogP contribution in [0.25, 0.3) is 10.9 Å². The number of fused-ring (bicyclic) bond motifs is 2. The molecule has 1 saturated heterocycles. The monoisotopic (exact) mass is 379 g/mol. The lowest BCUT2D eigenvalue weighted by Gasteiger charge is -2.25. The topological polar surface area (TPSA) is 65.8 Å². The number of likely N-dealkylation sites (tertiary alicyclic amines) is 1. The number of carbonyl (C=O) groups excluding carboxylic acids is 1. The van der Waals surface area contributed by atoms with Crippen molar-refractivity contribution >= 4 is 16.9 Å². The van der Waals surface area contributed by atoms with Crippen LogP contribution in [-0.2, 0) is 11.4 Å². The molecule has 0 spiro atoms. The summed E-state index contributed by atoms with van der Waals surface area (Å²) in [4.78, 5) is 14.2. The number of rotatable bonds is 4. The molecule has 0 radical (unpaired) electrons. The normalized spacial score (nSPS) is 18.7. The third kappa shape index (κ3) is 2.88. The summed E-state index contributed by atoms with van der Waals surface area (Å²) in [6, 6.07) is 12.1. The number of esters is 1. The van der Waals surface area contributed by atoms with Crippen LogP contribution < -0.4 is 9.47 Å². The van der Waals surface area contributed by atoms with E-state index < -0.39 is 0 Å². The van der Waals surface area contributed by atoms with Gasteiger partial charge < -0.3 is 14.2 Å². The van der Waals surface area contributed by atoms with E-state index >= 15 is 0 Å². The highest BCUT2D eigenvalue weighted by Crippen LogP contribution is 2.39. The van der Waals surface area contributed by atoms with Crippen molar-refractivity contribution in [3.63, 3.8) is 0 Å². The molecule has 0 amide bonds. The van der Waals surface area contributed by atoms with Crippen molar-refractivity contribution in [2.24, 2.45) is 0 Å². The lowest BCUT2D eigenvalue weighted by atomic mass is 10.0. The van der Waals surface area contributed by atoms with Gasteiger partial charge in [-0.25, -0.2) is 4.79 Å². The van der Waals surface area contributed by atoms with E-state index in [1.54, 1.807) is 12.3 Å². The van der Waals surface area contributed by atoms with Gasteiger partial charge in [0.15, 0.2) is 11.5 Å². The molecule has 3 heterocycles. The Morgan fingerprint density at radius 3 is 3.00 bits per heavy atom. The summed E-state index contributed by atoms with van der Waals surface area (Å²) < 4.78 is 17.8. The molecule has 0 bridgehead atoms. The number of methoxy groups -OCH3 is 1. The molecule has 2 aliphatic rings. The summed E-state index contributed by atoms with van der Waals surface area (Å²) in [7, 11) is 1.39. The van der Waals surface area contributed by atoms with Gasteiger partial charge in [-0.15, -0.1) is 0 Å². The maximum Gasteiger partial charge on any atom is 0.337 e. The zero-order valence-corrected chi connectivity index (χ0v) is 15.6. The SMILES string of the molecule is COC(=O)c1ccc2c(cnn2CN2CCCC2c2ccc3c(c2)OCO3)c1. The van der Waals surface area contributed by atoms with Gasteiger partial charge in [0.1, 0.15) is 0 Å². The van der Waals surface area contributed by atoms with Crippen molar-refractivity contribution in [1.82, 2.24) is 14.7 Å². The van der Waals surface area contributed by atoms with E-state index in [9.17, 15) is 4.79 Å². The summed E-state index contributed by atoms with van der Waals surface area (Å²) in [5, 5.41) is 5.48. The second kappa shape index (κ2) is 6.83. The van der Waals surface area contributed by atoms with Crippen LogP contribution in [0.2, 0.25) is 0 Å². The van der Waals surface area contributed by atoms with Crippen molar-refractivity contribution < 1.29 is 19.0 Å². The van der Waals surface area contributed by atoms with Gasteiger partial charge >= 0.3 is 5.97 Å². The van der Waals surface area contributed by atoms with Crippen molar-refractivity contribution in [1.29, 1.82) is 0 Å². The van der Waals surface area contributed by atoms with Gasteiger partial charge in [0.2, 0.25) is 6.79 Å². The summed E-state index contributed by atoms with van der Waals surface area (Å²) in [5.74, 6) is 1.30. The quantitative estimate of drug-likeness (QED) is 0.648. The van der Waals surface area contributed by atoms with Crippen molar-refractivity contribution in [3.05, 3.63) is 53.7 Å². The molecule has 28 heavy (non-hydrogen) atoms. The van der Waals surface area contributed by atoms with E-state index in [2.05, 4.69) is 22.1 Å². The fraction of sp³-hybridized carbons (Fsp3) is 0.333. The van der Waals surface area contributed by atoms with Crippen LogP contribution in [0.3, 0.4) is 0 Å². The number of hydrogen-bond acceptors (Lipinski definition) is 6. The Hall–Kier alpha value is -3.06. The number of carbonyl (C=O) groups is 1. The van der Waals surface area contributed by atoms with E-state index in [0.29, 0.717) is 25.1 Å². The molecule has 2 aliphatic heterocycles. The maximum absolute atomic E-state index is 11.7. The van der Waals surface area contributed by atoms with Gasteiger partial charge in [0, 0.05) is 18.0 Å². The fourth-order valence-corrected chi connectivity index (χ4v) is 4.11. The Bertz CT molecular complexity index is 1050. The number of nitrogens with zero attached hydrogens (tertiary/aromatic N) is 3. The zero-order chi connectivity index (χ0) is 19.1. The van der Waals surface area contributed by atoms with Crippen LogP contribution in [0.1, 0.15) is 34.8 Å². The van der Waals surface area contributed by atoms with E-state index in [1.807, 2.05) is 22.9 Å². The fourth-order valence-electron chi connectivity index (χ4n) is 4.11. The van der Waals surface area contributed by atoms with Crippen LogP contribution in [-0.4, -0.2) is 41.1 Å². The van der Waals surface area contributed by atoms with Crippen LogP contribution >= 0.6 is 0 Å². The lowest BCUT2D eigenvalue weighted by molar-refractivity contribution is 0.0601. The van der Waals surface area contributed by atoms with E-state index in [0.717, 1.165) is 41.8 Å². The Balaban J connectivity index is 1.40. The molecule has 2 aromatic carbocycles. The molecule has 1 unspecified atom stereocenters. The molecule has 1 atom stereocenters. The predicted molar refractivity (Wildman–Crippen MR) is 102 cm³/mol. The second-order valence-corrected chi connectivity index (χ2v) is 7.13. The average molecular weight is 379 g/mol. The van der Waals surface area contributed by atoms with Crippen molar-refractivity contribution in [2.45, 2.75) is 25.6 Å². The van der Waals surface area contributed by atoms with Gasteiger partial charge in [0.05, 0.1) is 31.1 Å². The highest BCUT2D eigenvalue weighted by atomic mass is 16.7. The first-order valence-electron chi connectivity index (χ1n) is 9.40. The van der Waals surface area contributed by atoms with Crippen LogP contribution in [0, 0.1) is 0 Å². The second-order valence-electron chi connectivity index (χ2n) is 7.13. The molecule has 0 N–H and O–H groups in total. The van der Waals surface area contributed by atoms with E-state index in [4.69, 9.17) is 14.2 Å². The molecule has 144 valence electrons. The molecular formula is C21H21N3O4. The lowest BCUT2D eigenvalue weighted by Crippen LogP contribution is -2.26. The molecule has 1 aromatic heterocycles. The van der Waals surface area contributed by atoms with Gasteiger partial charge in [0.25, 0.3) is 0 Å². The van der Waals surface area contributed by atoms with Gasteiger partial charge in [-0.1, -0.05) is 6.07 Å². The summed E-state index contributed by atoms with van der Waals surface area (Å²) in [6.07, 6.45) is 4.05. The van der Waals surface area contributed by atoms with Crippen molar-refractivity contribution in [3.8, 4) is 11.5 Å². The largest absolute Gasteiger partial charge is 0.465 e. The Kier molecular flexibility index (Phi) is 4.16. The third-order valence-electron chi connectivity index (χ3n) is 5.52. The maximum atomic E-state index is 11.7. The first-order chi connectivity index (χ1) is 13.7. The minimum Gasteiger partial charge on any atom is -0.465 e. The minimum atomic E-state index is -0.336. The number of benzene rings is 2. The number of aromatic nitrogens is 2. The van der Waals surface area contributed by atoms with Gasteiger partial charge in [-0.2, -0.15) is 5.10 Å². The Morgan fingerprint density at radius 1 is 1.21 bits per heavy atom. The molecule has 5 rings (SSSR count). The number of hydrogen-bond donors (Lipinski definition) is 0. The minimum absolute atomic E-state index is 0.292. The third-order valence-corrected chi connectivity index (χ3v) is 5.52. The highest BCUT2D eigenvalue weighted by molar-refractivity contribution is 5.94. The highest BCUT2D eigenvalue weighted by Gasteiger charge is 2.28. The predicted octanol–water partition coefficient (Wildman–Crippen LogP) is 3.35. The number of ether oxygens (including phenoxy) is 3. The standard InChI is InChI=1S/C21H21N3O4/c1-26-21(25)15-4-6-18-16(9-15)11-22-24(18)12-23-8-2-3-17(23)14-5-7-19-20(10-14)28-13-27-19/h4-7,9-11,17H,2-3,8,12-13H2,1H3. The Labute approximate surface area is 162 Å². The van der Waals surface area contributed by atoms with Gasteiger partial charge in [-0.05, 0) is 48.7 Å². The molecule has 7 nitrogen and oxygen atoms in total. The van der Waals surface area contributed by atoms with E-state index in [-0.39, 0.29) is 5.97 Å². The molecule has 0 aliphatic carbocycles.